The molecule has 2 rings (SSSR count). The van der Waals surface area contributed by atoms with Crippen molar-refractivity contribution in [2.75, 3.05) is 18.9 Å². The van der Waals surface area contributed by atoms with Gasteiger partial charge in [0.1, 0.15) is 0 Å². The van der Waals surface area contributed by atoms with Gasteiger partial charge in [0, 0.05) is 30.7 Å². The minimum Gasteiger partial charge on any atom is -0.326 e. The molecule has 1 amide bonds. The number of rotatable bonds is 7. The average Bonchev–Trinajstić information content (AvgIpc) is 2.58. The molecule has 2 aromatic rings. The van der Waals surface area contributed by atoms with E-state index in [1.54, 1.807) is 12.1 Å². The van der Waals surface area contributed by atoms with Crippen LogP contribution in [0.2, 0.25) is 5.02 Å². The number of halogens is 1. The third-order valence-corrected chi connectivity index (χ3v) is 6.19. The fourth-order valence-electron chi connectivity index (χ4n) is 2.45. The van der Waals surface area contributed by atoms with Crippen LogP contribution in [0, 0.1) is 13.8 Å². The number of nitrogens with one attached hydrogen (secondary N) is 1. The molecule has 0 atom stereocenters. The topological polar surface area (TPSA) is 66.5 Å². The molecule has 26 heavy (non-hydrogen) atoms. The van der Waals surface area contributed by atoms with Gasteiger partial charge < -0.3 is 5.32 Å². The third kappa shape index (κ3) is 5.30. The van der Waals surface area contributed by atoms with E-state index in [0.29, 0.717) is 11.4 Å². The lowest BCUT2D eigenvalue weighted by Gasteiger charge is -2.17. The van der Waals surface area contributed by atoms with Gasteiger partial charge in [-0.05, 0) is 61.7 Å². The van der Waals surface area contributed by atoms with Crippen LogP contribution in [0.25, 0.3) is 0 Å². The molecular weight excluding hydrogens is 372 g/mol. The Kier molecular flexibility index (Phi) is 6.81. The standard InChI is InChI=1S/C19H23ClN2O3S/c1-14-6-7-15(2)18(13-14)21-19(23)5-4-12-22(3)26(24,25)17-10-8-16(20)9-11-17/h6-11,13H,4-5,12H2,1-3H3,(H,21,23). The molecule has 140 valence electrons. The lowest BCUT2D eigenvalue weighted by Crippen LogP contribution is -2.28. The summed E-state index contributed by atoms with van der Waals surface area (Å²) in [7, 11) is -2.08. The van der Waals surface area contributed by atoms with Gasteiger partial charge in [-0.2, -0.15) is 0 Å². The normalized spacial score (nSPS) is 11.6. The summed E-state index contributed by atoms with van der Waals surface area (Å²) in [6.07, 6.45) is 0.674. The van der Waals surface area contributed by atoms with Crippen molar-refractivity contribution in [2.45, 2.75) is 31.6 Å². The van der Waals surface area contributed by atoms with Gasteiger partial charge in [-0.1, -0.05) is 23.7 Å². The number of nitrogens with zero attached hydrogens (tertiary/aromatic N) is 1. The second-order valence-corrected chi connectivity index (χ2v) is 8.73. The zero-order chi connectivity index (χ0) is 19.3. The van der Waals surface area contributed by atoms with E-state index >= 15 is 0 Å². The van der Waals surface area contributed by atoms with Gasteiger partial charge in [-0.3, -0.25) is 4.79 Å². The molecule has 0 saturated carbocycles. The maximum absolute atomic E-state index is 12.5. The number of carbonyl (C=O) groups is 1. The van der Waals surface area contributed by atoms with Crippen molar-refractivity contribution in [2.24, 2.45) is 0 Å². The lowest BCUT2D eigenvalue weighted by atomic mass is 10.1. The van der Waals surface area contributed by atoms with E-state index in [1.807, 2.05) is 32.0 Å². The van der Waals surface area contributed by atoms with E-state index in [9.17, 15) is 13.2 Å². The first-order chi connectivity index (χ1) is 12.2. The smallest absolute Gasteiger partial charge is 0.242 e. The SMILES string of the molecule is Cc1ccc(C)c(NC(=O)CCCN(C)S(=O)(=O)c2ccc(Cl)cc2)c1. The number of hydrogen-bond donors (Lipinski definition) is 1. The van der Waals surface area contributed by atoms with Crippen LogP contribution in [-0.4, -0.2) is 32.2 Å². The van der Waals surface area contributed by atoms with Gasteiger partial charge in [0.15, 0.2) is 0 Å². The highest BCUT2D eigenvalue weighted by Crippen LogP contribution is 2.19. The summed E-state index contributed by atoms with van der Waals surface area (Å²) in [5.41, 5.74) is 2.85. The summed E-state index contributed by atoms with van der Waals surface area (Å²) in [5, 5.41) is 3.36. The Labute approximate surface area is 160 Å². The minimum atomic E-state index is -3.58. The number of anilines is 1. The van der Waals surface area contributed by atoms with Crippen LogP contribution in [0.5, 0.6) is 0 Å². The molecule has 0 aliphatic carbocycles. The van der Waals surface area contributed by atoms with Gasteiger partial charge in [0.05, 0.1) is 4.90 Å². The van der Waals surface area contributed by atoms with Gasteiger partial charge >= 0.3 is 0 Å². The molecule has 7 heteroatoms. The van der Waals surface area contributed by atoms with E-state index in [0.717, 1.165) is 16.8 Å². The summed E-state index contributed by atoms with van der Waals surface area (Å²) < 4.78 is 26.2. The number of sulfonamides is 1. The molecule has 0 spiro atoms. The average molecular weight is 395 g/mol. The predicted octanol–water partition coefficient (Wildman–Crippen LogP) is 4.00. The molecule has 0 aromatic heterocycles. The number of carbonyl (C=O) groups excluding carboxylic acids is 1. The fourth-order valence-corrected chi connectivity index (χ4v) is 3.79. The maximum Gasteiger partial charge on any atom is 0.242 e. The van der Waals surface area contributed by atoms with Crippen LogP contribution in [-0.2, 0) is 14.8 Å². The highest BCUT2D eigenvalue weighted by atomic mass is 35.5. The quantitative estimate of drug-likeness (QED) is 0.771. The molecule has 2 aromatic carbocycles. The van der Waals surface area contributed by atoms with Crippen molar-refractivity contribution in [3.8, 4) is 0 Å². The zero-order valence-electron chi connectivity index (χ0n) is 15.1. The fraction of sp³-hybridized carbons (Fsp3) is 0.316. The van der Waals surface area contributed by atoms with Gasteiger partial charge in [0.2, 0.25) is 15.9 Å². The Balaban J connectivity index is 1.89. The molecule has 0 saturated heterocycles. The van der Waals surface area contributed by atoms with Crippen LogP contribution in [0.1, 0.15) is 24.0 Å². The highest BCUT2D eigenvalue weighted by molar-refractivity contribution is 7.89. The molecule has 5 nitrogen and oxygen atoms in total. The Morgan fingerprint density at radius 2 is 1.77 bits per heavy atom. The van der Waals surface area contributed by atoms with Crippen LogP contribution in [0.3, 0.4) is 0 Å². The molecular formula is C19H23ClN2O3S. The van der Waals surface area contributed by atoms with E-state index < -0.39 is 10.0 Å². The van der Waals surface area contributed by atoms with Gasteiger partial charge in [-0.15, -0.1) is 0 Å². The minimum absolute atomic E-state index is 0.129. The summed E-state index contributed by atoms with van der Waals surface area (Å²) in [4.78, 5) is 12.3. The van der Waals surface area contributed by atoms with Gasteiger partial charge in [0.25, 0.3) is 0 Å². The first-order valence-corrected chi connectivity index (χ1v) is 10.1. The van der Waals surface area contributed by atoms with Crippen LogP contribution in [0.4, 0.5) is 5.69 Å². The van der Waals surface area contributed by atoms with Crippen molar-refractivity contribution in [3.05, 3.63) is 58.6 Å². The van der Waals surface area contributed by atoms with E-state index in [2.05, 4.69) is 5.32 Å². The molecule has 0 radical (unpaired) electrons. The Bertz CT molecular complexity index is 880. The summed E-state index contributed by atoms with van der Waals surface area (Å²) in [6, 6.07) is 11.9. The predicted molar refractivity (Wildman–Crippen MR) is 105 cm³/mol. The van der Waals surface area contributed by atoms with Gasteiger partial charge in [-0.25, -0.2) is 12.7 Å². The second kappa shape index (κ2) is 8.66. The Morgan fingerprint density at radius 3 is 2.42 bits per heavy atom. The van der Waals surface area contributed by atoms with Crippen molar-refractivity contribution in [3.63, 3.8) is 0 Å². The largest absolute Gasteiger partial charge is 0.326 e. The molecule has 0 aliphatic heterocycles. The number of benzene rings is 2. The van der Waals surface area contributed by atoms with Crippen molar-refractivity contribution in [1.82, 2.24) is 4.31 Å². The van der Waals surface area contributed by atoms with Crippen molar-refractivity contribution < 1.29 is 13.2 Å². The molecule has 1 N–H and O–H groups in total. The molecule has 0 fully saturated rings. The Hall–Kier alpha value is -1.89. The first kappa shape index (κ1) is 20.4. The van der Waals surface area contributed by atoms with Crippen LogP contribution < -0.4 is 5.32 Å². The van der Waals surface area contributed by atoms with Crippen molar-refractivity contribution >= 4 is 33.2 Å². The molecule has 0 aliphatic rings. The summed E-state index contributed by atoms with van der Waals surface area (Å²) >= 11 is 5.79. The molecule has 0 heterocycles. The lowest BCUT2D eigenvalue weighted by molar-refractivity contribution is -0.116. The zero-order valence-corrected chi connectivity index (χ0v) is 16.7. The van der Waals surface area contributed by atoms with Crippen molar-refractivity contribution in [1.29, 1.82) is 0 Å². The third-order valence-electron chi connectivity index (χ3n) is 4.07. The highest BCUT2D eigenvalue weighted by Gasteiger charge is 2.20. The first-order valence-electron chi connectivity index (χ1n) is 8.29. The van der Waals surface area contributed by atoms with E-state index in [4.69, 9.17) is 11.6 Å². The number of aryl methyl sites for hydroxylation is 2. The van der Waals surface area contributed by atoms with E-state index in [-0.39, 0.29) is 23.8 Å². The maximum atomic E-state index is 12.5. The monoisotopic (exact) mass is 394 g/mol. The van der Waals surface area contributed by atoms with Crippen LogP contribution in [0.15, 0.2) is 47.4 Å². The van der Waals surface area contributed by atoms with Crippen LogP contribution >= 0.6 is 11.6 Å². The summed E-state index contributed by atoms with van der Waals surface area (Å²) in [6.45, 7) is 4.15. The summed E-state index contributed by atoms with van der Waals surface area (Å²) in [5.74, 6) is -0.129. The number of hydrogen-bond acceptors (Lipinski definition) is 3. The molecule has 0 bridgehead atoms. The van der Waals surface area contributed by atoms with E-state index in [1.165, 1.54) is 23.5 Å². The Morgan fingerprint density at radius 1 is 1.12 bits per heavy atom. The number of amides is 1. The second-order valence-electron chi connectivity index (χ2n) is 6.25. The molecule has 0 unspecified atom stereocenters.